The number of ether oxygens (including phenoxy) is 1. The second-order valence-electron chi connectivity index (χ2n) is 6.78. The fraction of sp³-hybridized carbons (Fsp3) is 0.318. The van der Waals surface area contributed by atoms with E-state index in [0.717, 1.165) is 16.9 Å². The molecule has 1 aliphatic carbocycles. The van der Waals surface area contributed by atoms with Gasteiger partial charge in [0.05, 0.1) is 7.11 Å². The van der Waals surface area contributed by atoms with Crippen molar-refractivity contribution in [2.45, 2.75) is 32.4 Å². The number of amides is 1. The SMILES string of the molecule is COc1ccc(CN(C(=O)C=Cc2ccc(F)cc2)C(C)C2CC2)cc1. The quantitative estimate of drug-likeness (QED) is 0.677. The van der Waals surface area contributed by atoms with Crippen LogP contribution in [0.4, 0.5) is 4.39 Å². The third kappa shape index (κ3) is 4.72. The summed E-state index contributed by atoms with van der Waals surface area (Å²) < 4.78 is 18.2. The average Bonchev–Trinajstić information content (AvgIpc) is 3.50. The number of hydrogen-bond donors (Lipinski definition) is 0. The second kappa shape index (κ2) is 8.17. The van der Waals surface area contributed by atoms with Crippen LogP contribution in [-0.2, 0) is 11.3 Å². The van der Waals surface area contributed by atoms with Crippen molar-refractivity contribution >= 4 is 12.0 Å². The highest BCUT2D eigenvalue weighted by Gasteiger charge is 2.33. The van der Waals surface area contributed by atoms with Gasteiger partial charge < -0.3 is 9.64 Å². The highest BCUT2D eigenvalue weighted by Crippen LogP contribution is 2.36. The van der Waals surface area contributed by atoms with E-state index in [9.17, 15) is 9.18 Å². The fourth-order valence-corrected chi connectivity index (χ4v) is 3.02. The van der Waals surface area contributed by atoms with Gasteiger partial charge in [0.15, 0.2) is 0 Å². The van der Waals surface area contributed by atoms with Gasteiger partial charge in [0.1, 0.15) is 11.6 Å². The van der Waals surface area contributed by atoms with Crippen LogP contribution >= 0.6 is 0 Å². The lowest BCUT2D eigenvalue weighted by molar-refractivity contribution is -0.129. The Hall–Kier alpha value is -2.62. The zero-order valence-electron chi connectivity index (χ0n) is 15.2. The zero-order valence-corrected chi connectivity index (χ0v) is 15.2. The molecule has 0 heterocycles. The van der Waals surface area contributed by atoms with E-state index in [1.807, 2.05) is 29.2 Å². The van der Waals surface area contributed by atoms with Crippen LogP contribution in [-0.4, -0.2) is 24.0 Å². The molecule has 0 aromatic heterocycles. The highest BCUT2D eigenvalue weighted by atomic mass is 19.1. The minimum atomic E-state index is -0.281. The van der Waals surface area contributed by atoms with Crippen molar-refractivity contribution in [3.63, 3.8) is 0 Å². The summed E-state index contributed by atoms with van der Waals surface area (Å²) >= 11 is 0. The first-order valence-electron chi connectivity index (χ1n) is 8.94. The molecule has 0 saturated heterocycles. The summed E-state index contributed by atoms with van der Waals surface area (Å²) in [5, 5.41) is 0. The van der Waals surface area contributed by atoms with E-state index >= 15 is 0 Å². The third-order valence-corrected chi connectivity index (χ3v) is 4.88. The van der Waals surface area contributed by atoms with Gasteiger partial charge in [-0.25, -0.2) is 4.39 Å². The molecule has 0 spiro atoms. The largest absolute Gasteiger partial charge is 0.497 e. The van der Waals surface area contributed by atoms with Crippen molar-refractivity contribution in [3.8, 4) is 5.75 Å². The first-order valence-corrected chi connectivity index (χ1v) is 8.94. The summed E-state index contributed by atoms with van der Waals surface area (Å²) in [5.74, 6) is 1.08. The van der Waals surface area contributed by atoms with Crippen molar-refractivity contribution in [1.82, 2.24) is 4.90 Å². The molecule has 3 rings (SSSR count). The average molecular weight is 353 g/mol. The second-order valence-corrected chi connectivity index (χ2v) is 6.78. The topological polar surface area (TPSA) is 29.5 Å². The molecule has 2 aromatic rings. The van der Waals surface area contributed by atoms with Crippen molar-refractivity contribution in [3.05, 3.63) is 71.6 Å². The van der Waals surface area contributed by atoms with Gasteiger partial charge in [-0.15, -0.1) is 0 Å². The van der Waals surface area contributed by atoms with Crippen LogP contribution in [0.1, 0.15) is 30.9 Å². The first-order chi connectivity index (χ1) is 12.6. The van der Waals surface area contributed by atoms with Crippen molar-refractivity contribution in [1.29, 1.82) is 0 Å². The number of carbonyl (C=O) groups excluding carboxylic acids is 1. The lowest BCUT2D eigenvalue weighted by Crippen LogP contribution is -2.38. The molecule has 2 aromatic carbocycles. The minimum Gasteiger partial charge on any atom is -0.497 e. The van der Waals surface area contributed by atoms with Crippen molar-refractivity contribution < 1.29 is 13.9 Å². The number of benzene rings is 2. The summed E-state index contributed by atoms with van der Waals surface area (Å²) in [6, 6.07) is 14.1. The smallest absolute Gasteiger partial charge is 0.247 e. The molecular formula is C22H24FNO2. The Balaban J connectivity index is 1.73. The molecule has 136 valence electrons. The van der Waals surface area contributed by atoms with E-state index in [0.29, 0.717) is 12.5 Å². The van der Waals surface area contributed by atoms with Crippen molar-refractivity contribution in [2.75, 3.05) is 7.11 Å². The molecule has 0 radical (unpaired) electrons. The van der Waals surface area contributed by atoms with Gasteiger partial charge >= 0.3 is 0 Å². The van der Waals surface area contributed by atoms with E-state index in [2.05, 4.69) is 6.92 Å². The summed E-state index contributed by atoms with van der Waals surface area (Å²) in [4.78, 5) is 14.7. The molecule has 1 amide bonds. The van der Waals surface area contributed by atoms with Crippen LogP contribution < -0.4 is 4.74 Å². The van der Waals surface area contributed by atoms with Crippen LogP contribution in [0.25, 0.3) is 6.08 Å². The molecule has 1 saturated carbocycles. The lowest BCUT2D eigenvalue weighted by Gasteiger charge is -2.28. The maximum absolute atomic E-state index is 13.0. The van der Waals surface area contributed by atoms with Crippen LogP contribution in [0.2, 0.25) is 0 Å². The van der Waals surface area contributed by atoms with E-state index < -0.39 is 0 Å². The zero-order chi connectivity index (χ0) is 18.5. The Morgan fingerprint density at radius 1 is 1.19 bits per heavy atom. The maximum Gasteiger partial charge on any atom is 0.247 e. The lowest BCUT2D eigenvalue weighted by atomic mass is 10.1. The molecule has 3 nitrogen and oxygen atoms in total. The van der Waals surface area contributed by atoms with Gasteiger partial charge in [-0.1, -0.05) is 24.3 Å². The number of methoxy groups -OCH3 is 1. The molecule has 1 aliphatic rings. The third-order valence-electron chi connectivity index (χ3n) is 4.88. The minimum absolute atomic E-state index is 0.0236. The molecule has 1 fully saturated rings. The predicted molar refractivity (Wildman–Crippen MR) is 101 cm³/mol. The predicted octanol–water partition coefficient (Wildman–Crippen LogP) is 4.67. The summed E-state index contributed by atoms with van der Waals surface area (Å²) in [6.07, 6.45) is 5.67. The number of carbonyl (C=O) groups is 1. The van der Waals surface area contributed by atoms with Gasteiger partial charge in [-0.05, 0) is 67.2 Å². The van der Waals surface area contributed by atoms with Crippen LogP contribution in [0, 0.1) is 11.7 Å². The first kappa shape index (κ1) is 18.2. The highest BCUT2D eigenvalue weighted by molar-refractivity contribution is 5.92. The molecule has 1 unspecified atom stereocenters. The Labute approximate surface area is 154 Å². The van der Waals surface area contributed by atoms with E-state index in [4.69, 9.17) is 4.74 Å². The molecule has 1 atom stereocenters. The summed E-state index contributed by atoms with van der Waals surface area (Å²) in [6.45, 7) is 2.68. The Morgan fingerprint density at radius 2 is 1.85 bits per heavy atom. The molecule has 0 N–H and O–H groups in total. The van der Waals surface area contributed by atoms with E-state index in [1.165, 1.54) is 25.0 Å². The number of rotatable bonds is 7. The van der Waals surface area contributed by atoms with Gasteiger partial charge in [0, 0.05) is 18.7 Å². The Morgan fingerprint density at radius 3 is 2.42 bits per heavy atom. The molecular weight excluding hydrogens is 329 g/mol. The number of halogens is 1. The van der Waals surface area contributed by atoms with Gasteiger partial charge in [0.2, 0.25) is 5.91 Å². The Bertz CT molecular complexity index is 764. The molecule has 0 bridgehead atoms. The van der Waals surface area contributed by atoms with Crippen molar-refractivity contribution in [2.24, 2.45) is 5.92 Å². The van der Waals surface area contributed by atoms with Gasteiger partial charge in [-0.2, -0.15) is 0 Å². The van der Waals surface area contributed by atoms with E-state index in [1.54, 1.807) is 31.4 Å². The monoisotopic (exact) mass is 353 g/mol. The van der Waals surface area contributed by atoms with Crippen LogP contribution in [0.15, 0.2) is 54.6 Å². The normalized spacial score (nSPS) is 15.0. The summed E-state index contributed by atoms with van der Waals surface area (Å²) in [5.41, 5.74) is 1.88. The maximum atomic E-state index is 13.0. The molecule has 4 heteroatoms. The van der Waals surface area contributed by atoms with E-state index in [-0.39, 0.29) is 17.8 Å². The molecule has 26 heavy (non-hydrogen) atoms. The standard InChI is InChI=1S/C22H24FNO2/c1-16(19-8-9-19)24(15-18-5-12-21(26-2)13-6-18)22(25)14-7-17-3-10-20(23)11-4-17/h3-7,10-14,16,19H,8-9,15H2,1-2H3. The van der Waals surface area contributed by atoms with Gasteiger partial charge in [0.25, 0.3) is 0 Å². The number of nitrogens with zero attached hydrogens (tertiary/aromatic N) is 1. The number of hydrogen-bond acceptors (Lipinski definition) is 2. The summed E-state index contributed by atoms with van der Waals surface area (Å²) in [7, 11) is 1.64. The Kier molecular flexibility index (Phi) is 5.71. The van der Waals surface area contributed by atoms with Crippen LogP contribution in [0.3, 0.4) is 0 Å². The van der Waals surface area contributed by atoms with Crippen LogP contribution in [0.5, 0.6) is 5.75 Å². The molecule has 0 aliphatic heterocycles. The van der Waals surface area contributed by atoms with Gasteiger partial charge in [-0.3, -0.25) is 4.79 Å². The fourth-order valence-electron chi connectivity index (χ4n) is 3.02.